The van der Waals surface area contributed by atoms with Crippen LogP contribution >= 0.6 is 11.8 Å². The van der Waals surface area contributed by atoms with Gasteiger partial charge in [-0.1, -0.05) is 11.8 Å². The average molecular weight is 480 g/mol. The lowest BCUT2D eigenvalue weighted by atomic mass is 10.2. The number of alkyl halides is 3. The van der Waals surface area contributed by atoms with E-state index in [0.29, 0.717) is 18.7 Å². The third kappa shape index (κ3) is 5.87. The summed E-state index contributed by atoms with van der Waals surface area (Å²) in [5, 5.41) is 11.0. The Morgan fingerprint density at radius 3 is 2.58 bits per heavy atom. The molecule has 1 saturated heterocycles. The Hall–Kier alpha value is -2.35. The molecule has 2 atom stereocenters. The van der Waals surface area contributed by atoms with Gasteiger partial charge in [-0.05, 0) is 55.0 Å². The largest absolute Gasteiger partial charge is 0.573 e. The van der Waals surface area contributed by atoms with Crippen molar-refractivity contribution < 1.29 is 31.1 Å². The average Bonchev–Trinajstić information content (AvgIpc) is 3.27. The van der Waals surface area contributed by atoms with Crippen molar-refractivity contribution in [2.24, 2.45) is 0 Å². The van der Waals surface area contributed by atoms with Crippen molar-refractivity contribution in [3.63, 3.8) is 0 Å². The van der Waals surface area contributed by atoms with Crippen LogP contribution in [-0.2, 0) is 14.6 Å². The lowest BCUT2D eigenvalue weighted by Crippen LogP contribution is -2.44. The van der Waals surface area contributed by atoms with E-state index in [4.69, 9.17) is 0 Å². The predicted octanol–water partition coefficient (Wildman–Crippen LogP) is 2.08. The molecule has 2 aromatic rings. The maximum absolute atomic E-state index is 12.9. The third-order valence-electron chi connectivity index (χ3n) is 4.66. The van der Waals surface area contributed by atoms with Crippen LogP contribution in [0.25, 0.3) is 5.69 Å². The molecule has 2 heterocycles. The Morgan fingerprint density at radius 1 is 1.35 bits per heavy atom. The molecule has 9 nitrogen and oxygen atoms in total. The van der Waals surface area contributed by atoms with Crippen molar-refractivity contribution in [3.05, 3.63) is 24.3 Å². The first-order valence-corrected chi connectivity index (χ1v) is 12.0. The number of thioether (sulfide) groups is 1. The van der Waals surface area contributed by atoms with Crippen LogP contribution in [0.1, 0.15) is 20.3 Å². The van der Waals surface area contributed by atoms with Crippen molar-refractivity contribution in [1.29, 1.82) is 0 Å². The molecule has 3 rings (SSSR count). The van der Waals surface area contributed by atoms with E-state index in [-0.39, 0.29) is 34.4 Å². The lowest BCUT2D eigenvalue weighted by molar-refractivity contribution is -0.274. The van der Waals surface area contributed by atoms with E-state index in [2.05, 4.69) is 20.3 Å². The predicted molar refractivity (Wildman–Crippen MR) is 106 cm³/mol. The minimum Gasteiger partial charge on any atom is -0.406 e. The summed E-state index contributed by atoms with van der Waals surface area (Å²) in [4.78, 5) is 14.5. The second-order valence-corrected chi connectivity index (χ2v) is 10.4. The molecule has 0 bridgehead atoms. The highest BCUT2D eigenvalue weighted by Crippen LogP contribution is 2.28. The first-order valence-electron chi connectivity index (χ1n) is 9.31. The maximum Gasteiger partial charge on any atom is 0.573 e. The fourth-order valence-corrected chi connectivity index (χ4v) is 5.87. The zero-order valence-corrected chi connectivity index (χ0v) is 18.2. The number of benzene rings is 1. The van der Waals surface area contributed by atoms with Crippen molar-refractivity contribution in [1.82, 2.24) is 25.1 Å². The minimum atomic E-state index is -4.79. The number of sulfone groups is 1. The highest BCUT2D eigenvalue weighted by molar-refractivity contribution is 8.00. The molecule has 1 fully saturated rings. The highest BCUT2D eigenvalue weighted by Gasteiger charge is 2.36. The van der Waals surface area contributed by atoms with Crippen LogP contribution < -0.4 is 4.74 Å². The van der Waals surface area contributed by atoms with E-state index >= 15 is 0 Å². The summed E-state index contributed by atoms with van der Waals surface area (Å²) in [7, 11) is -3.14. The van der Waals surface area contributed by atoms with Crippen LogP contribution in [0.3, 0.4) is 0 Å². The molecule has 1 aromatic heterocycles. The van der Waals surface area contributed by atoms with Crippen LogP contribution in [0.2, 0.25) is 0 Å². The molecular weight excluding hydrogens is 459 g/mol. The molecule has 0 radical (unpaired) electrons. The van der Waals surface area contributed by atoms with Gasteiger partial charge in [0.05, 0.1) is 22.4 Å². The summed E-state index contributed by atoms with van der Waals surface area (Å²) in [5.41, 5.74) is 0.385. The first kappa shape index (κ1) is 23.3. The van der Waals surface area contributed by atoms with E-state index in [1.807, 2.05) is 0 Å². The number of hydrogen-bond acceptors (Lipinski definition) is 8. The van der Waals surface area contributed by atoms with Gasteiger partial charge in [-0.15, -0.1) is 18.3 Å². The van der Waals surface area contributed by atoms with Gasteiger partial charge in [-0.25, -0.2) is 8.42 Å². The molecule has 1 aliphatic heterocycles. The summed E-state index contributed by atoms with van der Waals surface area (Å²) in [6.45, 7) is 3.82. The SMILES string of the molecule is CCN(C(=O)[C@H](C)Sc1nnnn1-c1ccc(OC(F)(F)F)cc1)[C@H]1CCS(=O)(=O)C1. The van der Waals surface area contributed by atoms with Crippen molar-refractivity contribution in [3.8, 4) is 11.4 Å². The Bertz CT molecular complexity index is 1030. The molecule has 31 heavy (non-hydrogen) atoms. The standard InChI is InChI=1S/C17H20F3N5O4S2/c1-3-24(13-8-9-31(27,28)10-13)15(26)11(2)30-16-21-22-23-25(16)12-4-6-14(7-5-12)29-17(18,19)20/h4-7,11,13H,3,8-10H2,1-2H3/t11-,13-/m0/s1. The monoisotopic (exact) mass is 479 g/mol. The van der Waals surface area contributed by atoms with Crippen LogP contribution in [0.5, 0.6) is 5.75 Å². The summed E-state index contributed by atoms with van der Waals surface area (Å²) < 4.78 is 65.6. The van der Waals surface area contributed by atoms with Gasteiger partial charge in [0, 0.05) is 12.6 Å². The first-order chi connectivity index (χ1) is 14.5. The minimum absolute atomic E-state index is 0.0476. The third-order valence-corrected chi connectivity index (χ3v) is 7.43. The number of rotatable bonds is 7. The number of ether oxygens (including phenoxy) is 1. The highest BCUT2D eigenvalue weighted by atomic mass is 32.2. The molecule has 1 amide bonds. The van der Waals surface area contributed by atoms with Gasteiger partial charge in [0.15, 0.2) is 9.84 Å². The molecule has 1 aliphatic rings. The summed E-state index contributed by atoms with van der Waals surface area (Å²) in [6.07, 6.45) is -4.39. The Morgan fingerprint density at radius 2 is 2.03 bits per heavy atom. The normalized spacial score (nSPS) is 19.2. The zero-order chi connectivity index (χ0) is 22.8. The second kappa shape index (κ2) is 9.02. The fraction of sp³-hybridized carbons (Fsp3) is 0.529. The van der Waals surface area contributed by atoms with Gasteiger partial charge in [0.25, 0.3) is 0 Å². The molecule has 0 aliphatic carbocycles. The molecule has 0 spiro atoms. The fourth-order valence-electron chi connectivity index (χ4n) is 3.26. The topological polar surface area (TPSA) is 107 Å². The smallest absolute Gasteiger partial charge is 0.406 e. The van der Waals surface area contributed by atoms with Gasteiger partial charge in [-0.3, -0.25) is 4.79 Å². The summed E-state index contributed by atoms with van der Waals surface area (Å²) in [6, 6.07) is 4.62. The molecule has 0 saturated carbocycles. The van der Waals surface area contributed by atoms with Crippen LogP contribution in [-0.4, -0.2) is 75.1 Å². The van der Waals surface area contributed by atoms with Gasteiger partial charge in [0.1, 0.15) is 5.75 Å². The van der Waals surface area contributed by atoms with Gasteiger partial charge < -0.3 is 9.64 Å². The quantitative estimate of drug-likeness (QED) is 0.556. The summed E-state index contributed by atoms with van der Waals surface area (Å²) >= 11 is 1.07. The van der Waals surface area contributed by atoms with E-state index in [1.54, 1.807) is 18.7 Å². The number of carbonyl (C=O) groups is 1. The Kier molecular flexibility index (Phi) is 6.79. The van der Waals surface area contributed by atoms with Gasteiger partial charge >= 0.3 is 6.36 Å². The zero-order valence-electron chi connectivity index (χ0n) is 16.6. The number of nitrogens with zero attached hydrogens (tertiary/aromatic N) is 5. The van der Waals surface area contributed by atoms with Crippen molar-refractivity contribution in [2.45, 2.75) is 43.1 Å². The number of halogens is 3. The molecule has 0 N–H and O–H groups in total. The summed E-state index contributed by atoms with van der Waals surface area (Å²) in [5.74, 6) is -0.603. The van der Waals surface area contributed by atoms with E-state index in [9.17, 15) is 26.4 Å². The molecule has 0 unspecified atom stereocenters. The molecule has 1 aromatic carbocycles. The molecule has 14 heteroatoms. The van der Waals surface area contributed by atoms with Gasteiger partial charge in [-0.2, -0.15) is 4.68 Å². The number of tetrazole rings is 1. The second-order valence-electron chi connectivity index (χ2n) is 6.86. The Balaban J connectivity index is 1.71. The molecular formula is C17H20F3N5O4S2. The molecule has 170 valence electrons. The number of aromatic nitrogens is 4. The number of hydrogen-bond donors (Lipinski definition) is 0. The van der Waals surface area contributed by atoms with Crippen molar-refractivity contribution >= 4 is 27.5 Å². The van der Waals surface area contributed by atoms with Crippen LogP contribution in [0, 0.1) is 0 Å². The van der Waals surface area contributed by atoms with Gasteiger partial charge in [0.2, 0.25) is 11.1 Å². The maximum atomic E-state index is 12.9. The van der Waals surface area contributed by atoms with Crippen LogP contribution in [0.15, 0.2) is 29.4 Å². The van der Waals surface area contributed by atoms with E-state index in [1.165, 1.54) is 16.8 Å². The van der Waals surface area contributed by atoms with Crippen molar-refractivity contribution in [2.75, 3.05) is 18.1 Å². The number of amides is 1. The van der Waals surface area contributed by atoms with E-state index < -0.39 is 21.4 Å². The lowest BCUT2D eigenvalue weighted by Gasteiger charge is -2.29. The van der Waals surface area contributed by atoms with Crippen LogP contribution in [0.4, 0.5) is 13.2 Å². The number of carbonyl (C=O) groups excluding carboxylic acids is 1. The Labute approximate surface area is 180 Å². The van der Waals surface area contributed by atoms with E-state index in [0.717, 1.165) is 23.9 Å².